The zero-order valence-corrected chi connectivity index (χ0v) is 9.32. The van der Waals surface area contributed by atoms with Crippen molar-refractivity contribution >= 4 is 0 Å². The van der Waals surface area contributed by atoms with Crippen LogP contribution < -0.4 is 0 Å². The number of alkyl halides is 12. The summed E-state index contributed by atoms with van der Waals surface area (Å²) in [5.74, 6) is -4.69. The van der Waals surface area contributed by atoms with E-state index in [9.17, 15) is 52.7 Å². The molecule has 0 aliphatic carbocycles. The van der Waals surface area contributed by atoms with Crippen LogP contribution in [0.3, 0.4) is 0 Å². The van der Waals surface area contributed by atoms with Gasteiger partial charge in [-0.3, -0.25) is 0 Å². The maximum atomic E-state index is 12.4. The van der Waals surface area contributed by atoms with Gasteiger partial charge in [-0.2, -0.15) is 52.7 Å². The van der Waals surface area contributed by atoms with Crippen molar-refractivity contribution in [2.24, 2.45) is 11.3 Å². The molecule has 0 amide bonds. The standard InChI is InChI=1S/C8H6F12/c1-2-3(5(9,10)11)4(6(12,13)14,7(15,16)17)8(18,19)20/h3H,2H2,1H3. The lowest BCUT2D eigenvalue weighted by Crippen LogP contribution is -2.66. The summed E-state index contributed by atoms with van der Waals surface area (Å²) in [6, 6.07) is 0. The average molecular weight is 330 g/mol. The van der Waals surface area contributed by atoms with E-state index in [4.69, 9.17) is 0 Å². The van der Waals surface area contributed by atoms with E-state index in [-0.39, 0.29) is 6.92 Å². The van der Waals surface area contributed by atoms with Crippen LogP contribution in [0.4, 0.5) is 52.7 Å². The summed E-state index contributed by atoms with van der Waals surface area (Å²) in [6.45, 7) is 0.163. The third kappa shape index (κ3) is 2.78. The Kier molecular flexibility index (Phi) is 4.66. The molecule has 0 radical (unpaired) electrons. The lowest BCUT2D eigenvalue weighted by molar-refractivity contribution is -0.463. The predicted octanol–water partition coefficient (Wildman–Crippen LogP) is 5.25. The van der Waals surface area contributed by atoms with Crippen LogP contribution in [0, 0.1) is 11.3 Å². The molecule has 0 heterocycles. The van der Waals surface area contributed by atoms with Crippen LogP contribution in [0.1, 0.15) is 13.3 Å². The van der Waals surface area contributed by atoms with Crippen molar-refractivity contribution in [3.63, 3.8) is 0 Å². The fourth-order valence-corrected chi connectivity index (χ4v) is 1.86. The zero-order valence-electron chi connectivity index (χ0n) is 9.32. The van der Waals surface area contributed by atoms with E-state index in [1.165, 1.54) is 0 Å². The first kappa shape index (κ1) is 19.2. The second-order valence-corrected chi connectivity index (χ2v) is 3.80. The van der Waals surface area contributed by atoms with Gasteiger partial charge in [0, 0.05) is 0 Å². The minimum atomic E-state index is -7.21. The normalized spacial score (nSPS) is 17.2. The molecule has 122 valence electrons. The van der Waals surface area contributed by atoms with Crippen molar-refractivity contribution in [3.8, 4) is 0 Å². The van der Waals surface area contributed by atoms with Gasteiger partial charge in [-0.1, -0.05) is 6.92 Å². The van der Waals surface area contributed by atoms with Crippen molar-refractivity contribution in [1.82, 2.24) is 0 Å². The molecule has 20 heavy (non-hydrogen) atoms. The summed E-state index contributed by atoms with van der Waals surface area (Å²) in [4.78, 5) is 0. The molecule has 0 N–H and O–H groups in total. The highest BCUT2D eigenvalue weighted by atomic mass is 19.4. The van der Waals surface area contributed by atoms with Gasteiger partial charge >= 0.3 is 24.7 Å². The number of rotatable bonds is 2. The van der Waals surface area contributed by atoms with Crippen molar-refractivity contribution in [2.75, 3.05) is 0 Å². The Morgan fingerprint density at radius 2 is 0.850 bits per heavy atom. The molecule has 0 aromatic carbocycles. The van der Waals surface area contributed by atoms with E-state index < -0.39 is 42.5 Å². The molecule has 0 fully saturated rings. The second kappa shape index (κ2) is 4.86. The molecule has 0 rings (SSSR count). The molecule has 1 atom stereocenters. The van der Waals surface area contributed by atoms with Gasteiger partial charge < -0.3 is 0 Å². The van der Waals surface area contributed by atoms with Gasteiger partial charge in [0.25, 0.3) is 5.41 Å². The highest BCUT2D eigenvalue weighted by molar-refractivity contribution is 5.05. The lowest BCUT2D eigenvalue weighted by Gasteiger charge is -2.44. The first-order chi connectivity index (χ1) is 8.44. The van der Waals surface area contributed by atoms with Crippen LogP contribution in [-0.4, -0.2) is 24.7 Å². The van der Waals surface area contributed by atoms with Gasteiger partial charge in [0.05, 0.1) is 5.92 Å². The fourth-order valence-electron chi connectivity index (χ4n) is 1.86. The topological polar surface area (TPSA) is 0 Å². The van der Waals surface area contributed by atoms with Gasteiger partial charge in [-0.05, 0) is 6.42 Å². The molecule has 0 aromatic rings. The van der Waals surface area contributed by atoms with Gasteiger partial charge in [-0.15, -0.1) is 0 Å². The minimum Gasteiger partial charge on any atom is -0.171 e. The maximum absolute atomic E-state index is 12.4. The Morgan fingerprint density at radius 1 is 0.600 bits per heavy atom. The third-order valence-electron chi connectivity index (χ3n) is 2.67. The van der Waals surface area contributed by atoms with Gasteiger partial charge in [0.1, 0.15) is 0 Å². The number of halogens is 12. The molecule has 0 aromatic heterocycles. The molecule has 0 aliphatic heterocycles. The van der Waals surface area contributed by atoms with Crippen LogP contribution in [0.2, 0.25) is 0 Å². The number of hydrogen-bond acceptors (Lipinski definition) is 0. The van der Waals surface area contributed by atoms with E-state index in [0.717, 1.165) is 0 Å². The van der Waals surface area contributed by atoms with Gasteiger partial charge in [0.15, 0.2) is 0 Å². The summed E-state index contributed by atoms with van der Waals surface area (Å²) in [7, 11) is 0. The van der Waals surface area contributed by atoms with Gasteiger partial charge in [-0.25, -0.2) is 0 Å². The van der Waals surface area contributed by atoms with Crippen LogP contribution in [0.5, 0.6) is 0 Å². The van der Waals surface area contributed by atoms with Crippen LogP contribution in [0.25, 0.3) is 0 Å². The maximum Gasteiger partial charge on any atom is 0.412 e. The summed E-state index contributed by atoms with van der Waals surface area (Å²) in [6.07, 6.45) is -30.0. The third-order valence-corrected chi connectivity index (χ3v) is 2.67. The Morgan fingerprint density at radius 3 is 0.900 bits per heavy atom. The molecule has 0 aliphatic rings. The predicted molar refractivity (Wildman–Crippen MR) is 40.4 cm³/mol. The van der Waals surface area contributed by atoms with E-state index in [1.54, 1.807) is 0 Å². The van der Waals surface area contributed by atoms with Crippen molar-refractivity contribution in [1.29, 1.82) is 0 Å². The monoisotopic (exact) mass is 330 g/mol. The van der Waals surface area contributed by atoms with Crippen molar-refractivity contribution < 1.29 is 52.7 Å². The Labute approximate surface area is 103 Å². The molecular formula is C8H6F12. The highest BCUT2D eigenvalue weighted by Crippen LogP contribution is 2.66. The highest BCUT2D eigenvalue weighted by Gasteiger charge is 2.88. The summed E-state index contributed by atoms with van der Waals surface area (Å²) in [5.41, 5.74) is -6.86. The fraction of sp³-hybridized carbons (Fsp3) is 1.00. The second-order valence-electron chi connectivity index (χ2n) is 3.80. The molecule has 1 unspecified atom stereocenters. The summed E-state index contributed by atoms with van der Waals surface area (Å²) < 4.78 is 148. The quantitative estimate of drug-likeness (QED) is 0.607. The average Bonchev–Trinajstić information content (AvgIpc) is 2.04. The summed E-state index contributed by atoms with van der Waals surface area (Å²) >= 11 is 0. The van der Waals surface area contributed by atoms with E-state index in [1.807, 2.05) is 0 Å². The van der Waals surface area contributed by atoms with Crippen LogP contribution in [-0.2, 0) is 0 Å². The molecular weight excluding hydrogens is 324 g/mol. The smallest absolute Gasteiger partial charge is 0.171 e. The zero-order chi connectivity index (χ0) is 16.8. The van der Waals surface area contributed by atoms with Crippen molar-refractivity contribution in [2.45, 2.75) is 38.0 Å². The van der Waals surface area contributed by atoms with Crippen LogP contribution >= 0.6 is 0 Å². The lowest BCUT2D eigenvalue weighted by atomic mass is 9.71. The SMILES string of the molecule is CCC(C(F)(F)F)C(C(F)(F)F)(C(F)(F)F)C(F)(F)F. The largest absolute Gasteiger partial charge is 0.412 e. The minimum absolute atomic E-state index is 0.163. The van der Waals surface area contributed by atoms with E-state index >= 15 is 0 Å². The first-order valence-electron chi connectivity index (χ1n) is 4.71. The molecule has 0 bridgehead atoms. The van der Waals surface area contributed by atoms with E-state index in [2.05, 4.69) is 0 Å². The first-order valence-corrected chi connectivity index (χ1v) is 4.71. The summed E-state index contributed by atoms with van der Waals surface area (Å²) in [5, 5.41) is 0. The van der Waals surface area contributed by atoms with Crippen molar-refractivity contribution in [3.05, 3.63) is 0 Å². The van der Waals surface area contributed by atoms with E-state index in [0.29, 0.717) is 0 Å². The molecule has 0 nitrogen and oxygen atoms in total. The Bertz CT molecular complexity index is 289. The Balaban J connectivity index is 6.62. The molecule has 12 heteroatoms. The molecule has 0 saturated carbocycles. The molecule has 0 saturated heterocycles. The Hall–Kier alpha value is -0.840. The molecule has 0 spiro atoms. The number of hydrogen-bond donors (Lipinski definition) is 0. The van der Waals surface area contributed by atoms with Crippen LogP contribution in [0.15, 0.2) is 0 Å². The van der Waals surface area contributed by atoms with Gasteiger partial charge in [0.2, 0.25) is 0 Å².